The molecule has 0 radical (unpaired) electrons. The molecule has 1 aliphatic heterocycles. The van der Waals surface area contributed by atoms with Crippen LogP contribution >= 0.6 is 0 Å². The first-order valence-electron chi connectivity index (χ1n) is 10.8. The quantitative estimate of drug-likeness (QED) is 0.557. The Bertz CT molecular complexity index is 892. The van der Waals surface area contributed by atoms with E-state index in [9.17, 15) is 9.59 Å². The van der Waals surface area contributed by atoms with E-state index in [2.05, 4.69) is 56.5 Å². The molecule has 3 rings (SSSR count). The van der Waals surface area contributed by atoms with Gasteiger partial charge in [0.05, 0.1) is 6.61 Å². The molecule has 0 fully saturated rings. The fourth-order valence-electron chi connectivity index (χ4n) is 3.77. The van der Waals surface area contributed by atoms with Gasteiger partial charge in [0.15, 0.2) is 0 Å². The average molecular weight is 409 g/mol. The number of amides is 2. The van der Waals surface area contributed by atoms with Gasteiger partial charge in [-0.05, 0) is 59.6 Å². The molecule has 2 N–H and O–H groups in total. The van der Waals surface area contributed by atoms with Crippen LogP contribution in [0.5, 0.6) is 5.75 Å². The molecule has 2 aromatic rings. The fourth-order valence-corrected chi connectivity index (χ4v) is 3.77. The maximum Gasteiger partial charge on any atom is 0.224 e. The first-order chi connectivity index (χ1) is 14.3. The summed E-state index contributed by atoms with van der Waals surface area (Å²) in [7, 11) is 0. The van der Waals surface area contributed by atoms with Crippen molar-refractivity contribution >= 4 is 23.2 Å². The molecule has 5 nitrogen and oxygen atoms in total. The molecule has 0 unspecified atom stereocenters. The molecule has 5 heteroatoms. The number of hydrogen-bond donors (Lipinski definition) is 2. The molecule has 2 amide bonds. The largest absolute Gasteiger partial charge is 0.494 e. The van der Waals surface area contributed by atoms with Gasteiger partial charge in [-0.1, -0.05) is 45.9 Å². The Labute approximate surface area is 179 Å². The molecule has 1 heterocycles. The molecule has 0 saturated heterocycles. The van der Waals surface area contributed by atoms with Crippen LogP contribution in [0, 0.1) is 0 Å². The Morgan fingerprint density at radius 1 is 1.07 bits per heavy atom. The number of aryl methyl sites for hydroxylation is 1. The van der Waals surface area contributed by atoms with Gasteiger partial charge < -0.3 is 15.4 Å². The molecular weight excluding hydrogens is 376 g/mol. The zero-order chi connectivity index (χ0) is 21.7. The minimum absolute atomic E-state index is 0.0155. The van der Waals surface area contributed by atoms with Crippen LogP contribution in [0.2, 0.25) is 0 Å². The number of benzene rings is 2. The molecule has 1 aliphatic rings. The zero-order valence-electron chi connectivity index (χ0n) is 18.4. The summed E-state index contributed by atoms with van der Waals surface area (Å²) in [5.74, 6) is 1.54. The predicted octanol–water partition coefficient (Wildman–Crippen LogP) is 5.62. The Morgan fingerprint density at radius 2 is 1.77 bits per heavy atom. The summed E-state index contributed by atoms with van der Waals surface area (Å²) < 4.78 is 5.83. The Morgan fingerprint density at radius 3 is 2.43 bits per heavy atom. The third-order valence-electron chi connectivity index (χ3n) is 5.43. The summed E-state index contributed by atoms with van der Waals surface area (Å²) in [5, 5.41) is 6.02. The smallest absolute Gasteiger partial charge is 0.224 e. The van der Waals surface area contributed by atoms with Gasteiger partial charge in [0.2, 0.25) is 11.8 Å². The molecule has 0 saturated carbocycles. The van der Waals surface area contributed by atoms with Crippen LogP contribution in [0.4, 0.5) is 11.4 Å². The molecular formula is C25H32N2O3. The number of carbonyl (C=O) groups is 2. The maximum absolute atomic E-state index is 12.6. The minimum atomic E-state index is 0.0155. The molecule has 160 valence electrons. The first kappa shape index (κ1) is 21.9. The van der Waals surface area contributed by atoms with Crippen molar-refractivity contribution in [3.8, 4) is 5.75 Å². The monoisotopic (exact) mass is 408 g/mol. The minimum Gasteiger partial charge on any atom is -0.494 e. The number of fused-ring (bicyclic) bond motifs is 1. The summed E-state index contributed by atoms with van der Waals surface area (Å²) in [4.78, 5) is 24.0. The number of hydrogen-bond acceptors (Lipinski definition) is 3. The number of nitrogens with one attached hydrogen (secondary N) is 2. The highest BCUT2D eigenvalue weighted by Crippen LogP contribution is 2.32. The lowest BCUT2D eigenvalue weighted by atomic mass is 9.92. The van der Waals surface area contributed by atoms with Gasteiger partial charge in [-0.3, -0.25) is 9.59 Å². The molecule has 0 bridgehead atoms. The van der Waals surface area contributed by atoms with Crippen molar-refractivity contribution in [1.82, 2.24) is 0 Å². The van der Waals surface area contributed by atoms with Crippen molar-refractivity contribution < 1.29 is 14.3 Å². The number of rotatable bonds is 8. The van der Waals surface area contributed by atoms with E-state index in [1.54, 1.807) is 0 Å². The van der Waals surface area contributed by atoms with Gasteiger partial charge >= 0.3 is 0 Å². The lowest BCUT2D eigenvalue weighted by Crippen LogP contribution is -2.19. The summed E-state index contributed by atoms with van der Waals surface area (Å²) in [5.41, 5.74) is 5.27. The fraction of sp³-hybridized carbons (Fsp3) is 0.440. The van der Waals surface area contributed by atoms with Crippen molar-refractivity contribution in [2.24, 2.45) is 0 Å². The van der Waals surface area contributed by atoms with Crippen LogP contribution < -0.4 is 15.4 Å². The second-order valence-corrected chi connectivity index (χ2v) is 8.49. The van der Waals surface area contributed by atoms with Gasteiger partial charge in [-0.2, -0.15) is 0 Å². The molecule has 0 spiro atoms. The summed E-state index contributed by atoms with van der Waals surface area (Å²) in [6.45, 7) is 9.06. The van der Waals surface area contributed by atoms with E-state index in [4.69, 9.17) is 4.74 Å². The van der Waals surface area contributed by atoms with Crippen molar-refractivity contribution in [1.29, 1.82) is 0 Å². The summed E-state index contributed by atoms with van der Waals surface area (Å²) in [6.07, 6.45) is 2.28. The van der Waals surface area contributed by atoms with E-state index < -0.39 is 0 Å². The van der Waals surface area contributed by atoms with Gasteiger partial charge in [0.1, 0.15) is 5.75 Å². The van der Waals surface area contributed by atoms with Crippen LogP contribution in [0.1, 0.15) is 75.5 Å². The SMILES string of the molecule is CC(C)c1cccc(C(C)C)c1NC(=O)CCCOc1ccc2c(c1)CCC(=O)N2. The maximum atomic E-state index is 12.6. The standard InChI is InChI=1S/C25H32N2O3/c1-16(2)20-7-5-8-21(17(3)4)25(20)27-23(28)9-6-14-30-19-11-12-22-18(15-19)10-13-24(29)26-22/h5,7-8,11-12,15-17H,6,9-10,13-14H2,1-4H3,(H,26,29)(H,27,28). The molecule has 0 atom stereocenters. The van der Waals surface area contributed by atoms with Crippen LogP contribution in [-0.2, 0) is 16.0 Å². The summed E-state index contributed by atoms with van der Waals surface area (Å²) >= 11 is 0. The lowest BCUT2D eigenvalue weighted by molar-refractivity contribution is -0.117. The van der Waals surface area contributed by atoms with E-state index in [0.29, 0.717) is 37.7 Å². The molecule has 30 heavy (non-hydrogen) atoms. The van der Waals surface area contributed by atoms with Crippen LogP contribution in [0.15, 0.2) is 36.4 Å². The highest BCUT2D eigenvalue weighted by atomic mass is 16.5. The summed E-state index contributed by atoms with van der Waals surface area (Å²) in [6, 6.07) is 12.0. The van der Waals surface area contributed by atoms with Crippen molar-refractivity contribution in [2.45, 2.75) is 65.2 Å². The van der Waals surface area contributed by atoms with Crippen LogP contribution in [-0.4, -0.2) is 18.4 Å². The molecule has 2 aromatic carbocycles. The number of carbonyl (C=O) groups excluding carboxylic acids is 2. The van der Waals surface area contributed by atoms with Crippen LogP contribution in [0.3, 0.4) is 0 Å². The Kier molecular flexibility index (Phi) is 7.14. The average Bonchev–Trinajstić information content (AvgIpc) is 2.71. The second-order valence-electron chi connectivity index (χ2n) is 8.49. The van der Waals surface area contributed by atoms with E-state index in [0.717, 1.165) is 29.1 Å². The predicted molar refractivity (Wildman–Crippen MR) is 121 cm³/mol. The number of ether oxygens (including phenoxy) is 1. The van der Waals surface area contributed by atoms with Crippen molar-refractivity contribution in [3.05, 3.63) is 53.1 Å². The number of anilines is 2. The normalized spacial score (nSPS) is 13.2. The number of para-hydroxylation sites is 1. The highest BCUT2D eigenvalue weighted by Gasteiger charge is 2.17. The second kappa shape index (κ2) is 9.79. The molecule has 0 aromatic heterocycles. The van der Waals surface area contributed by atoms with E-state index in [1.165, 1.54) is 11.1 Å². The first-order valence-corrected chi connectivity index (χ1v) is 10.8. The highest BCUT2D eigenvalue weighted by molar-refractivity contribution is 5.94. The van der Waals surface area contributed by atoms with Gasteiger partial charge in [0, 0.05) is 24.2 Å². The third kappa shape index (κ3) is 5.41. The van der Waals surface area contributed by atoms with Crippen LogP contribution in [0.25, 0.3) is 0 Å². The lowest BCUT2D eigenvalue weighted by Gasteiger charge is -2.20. The van der Waals surface area contributed by atoms with Gasteiger partial charge in [-0.15, -0.1) is 0 Å². The molecule has 0 aliphatic carbocycles. The zero-order valence-corrected chi connectivity index (χ0v) is 18.4. The third-order valence-corrected chi connectivity index (χ3v) is 5.43. The Balaban J connectivity index is 1.53. The van der Waals surface area contributed by atoms with E-state index >= 15 is 0 Å². The van der Waals surface area contributed by atoms with E-state index in [1.807, 2.05) is 18.2 Å². The van der Waals surface area contributed by atoms with E-state index in [-0.39, 0.29) is 11.8 Å². The Hall–Kier alpha value is -2.82. The topological polar surface area (TPSA) is 67.4 Å². The van der Waals surface area contributed by atoms with Crippen molar-refractivity contribution in [2.75, 3.05) is 17.2 Å². The van der Waals surface area contributed by atoms with Crippen molar-refractivity contribution in [3.63, 3.8) is 0 Å². The van der Waals surface area contributed by atoms with Gasteiger partial charge in [0.25, 0.3) is 0 Å². The van der Waals surface area contributed by atoms with Gasteiger partial charge in [-0.25, -0.2) is 0 Å².